The van der Waals surface area contributed by atoms with Crippen molar-refractivity contribution >= 4 is 6.03 Å². The predicted molar refractivity (Wildman–Crippen MR) is 79.0 cm³/mol. The van der Waals surface area contributed by atoms with Gasteiger partial charge in [0.25, 0.3) is 0 Å². The highest BCUT2D eigenvalue weighted by Gasteiger charge is 2.17. The zero-order valence-corrected chi connectivity index (χ0v) is 12.1. The molecule has 0 aliphatic heterocycles. The quantitative estimate of drug-likeness (QED) is 0.890. The van der Waals surface area contributed by atoms with Gasteiger partial charge in [-0.3, -0.25) is 4.98 Å². The number of carbonyl (C=O) groups excluding carboxylic acids is 1. The van der Waals surface area contributed by atoms with E-state index in [2.05, 4.69) is 15.6 Å². The molecule has 22 heavy (non-hydrogen) atoms. The Bertz CT molecular complexity index is 635. The molecule has 1 heterocycles. The Morgan fingerprint density at radius 1 is 1.32 bits per heavy atom. The van der Waals surface area contributed by atoms with Crippen LogP contribution in [0.5, 0.6) is 0 Å². The minimum atomic E-state index is -0.593. The summed E-state index contributed by atoms with van der Waals surface area (Å²) in [6.07, 6.45) is 3.73. The molecule has 1 atom stereocenters. The number of urea groups is 1. The van der Waals surface area contributed by atoms with Crippen molar-refractivity contribution in [3.05, 3.63) is 65.5 Å². The van der Waals surface area contributed by atoms with Crippen molar-refractivity contribution < 1.29 is 13.6 Å². The van der Waals surface area contributed by atoms with Crippen LogP contribution in [0.3, 0.4) is 0 Å². The smallest absolute Gasteiger partial charge is 0.315 e. The molecule has 2 amide bonds. The Morgan fingerprint density at radius 2 is 2.14 bits per heavy atom. The van der Waals surface area contributed by atoms with Crippen LogP contribution in [0, 0.1) is 11.6 Å². The second-order valence-electron chi connectivity index (χ2n) is 4.81. The lowest BCUT2D eigenvalue weighted by atomic mass is 10.0. The third kappa shape index (κ3) is 4.25. The maximum Gasteiger partial charge on any atom is 0.315 e. The monoisotopic (exact) mass is 305 g/mol. The summed E-state index contributed by atoms with van der Waals surface area (Å²) < 4.78 is 27.0. The SMILES string of the molecule is CCC(NC(=O)NCc1cccnc1)c1cc(F)ccc1F. The summed E-state index contributed by atoms with van der Waals surface area (Å²) in [6.45, 7) is 2.10. The van der Waals surface area contributed by atoms with E-state index in [4.69, 9.17) is 0 Å². The van der Waals surface area contributed by atoms with E-state index in [1.807, 2.05) is 6.07 Å². The first-order valence-corrected chi connectivity index (χ1v) is 6.98. The molecule has 0 spiro atoms. The Hall–Kier alpha value is -2.50. The summed E-state index contributed by atoms with van der Waals surface area (Å²) in [5.41, 5.74) is 0.988. The molecule has 2 N–H and O–H groups in total. The van der Waals surface area contributed by atoms with Gasteiger partial charge in [0.15, 0.2) is 0 Å². The zero-order chi connectivity index (χ0) is 15.9. The number of benzene rings is 1. The first-order chi connectivity index (χ1) is 10.6. The molecule has 2 rings (SSSR count). The molecule has 0 fully saturated rings. The molecule has 0 saturated heterocycles. The van der Waals surface area contributed by atoms with E-state index in [-0.39, 0.29) is 5.56 Å². The van der Waals surface area contributed by atoms with Crippen LogP contribution in [0.25, 0.3) is 0 Å². The predicted octanol–water partition coefficient (Wildman–Crippen LogP) is 3.31. The van der Waals surface area contributed by atoms with E-state index in [1.165, 1.54) is 0 Å². The lowest BCUT2D eigenvalue weighted by Crippen LogP contribution is -2.37. The number of nitrogens with one attached hydrogen (secondary N) is 2. The normalized spacial score (nSPS) is 11.8. The van der Waals surface area contributed by atoms with E-state index in [9.17, 15) is 13.6 Å². The van der Waals surface area contributed by atoms with Crippen molar-refractivity contribution in [1.82, 2.24) is 15.6 Å². The molecule has 2 aromatic rings. The number of aromatic nitrogens is 1. The van der Waals surface area contributed by atoms with Crippen LogP contribution < -0.4 is 10.6 Å². The largest absolute Gasteiger partial charge is 0.334 e. The fraction of sp³-hybridized carbons (Fsp3) is 0.250. The average molecular weight is 305 g/mol. The number of pyridine rings is 1. The van der Waals surface area contributed by atoms with Crippen LogP contribution in [0.2, 0.25) is 0 Å². The summed E-state index contributed by atoms with van der Waals surface area (Å²) in [4.78, 5) is 15.8. The lowest BCUT2D eigenvalue weighted by molar-refractivity contribution is 0.236. The fourth-order valence-electron chi connectivity index (χ4n) is 2.08. The Balaban J connectivity index is 1.97. The third-order valence-electron chi connectivity index (χ3n) is 3.22. The molecular formula is C16H17F2N3O. The van der Waals surface area contributed by atoms with E-state index in [0.29, 0.717) is 13.0 Å². The Morgan fingerprint density at radius 3 is 2.82 bits per heavy atom. The number of carbonyl (C=O) groups is 1. The molecular weight excluding hydrogens is 288 g/mol. The van der Waals surface area contributed by atoms with Gasteiger partial charge in [0.1, 0.15) is 11.6 Å². The van der Waals surface area contributed by atoms with E-state index in [1.54, 1.807) is 25.4 Å². The highest BCUT2D eigenvalue weighted by Crippen LogP contribution is 2.21. The molecule has 0 aliphatic carbocycles. The Kier molecular flexibility index (Phi) is 5.41. The number of hydrogen-bond donors (Lipinski definition) is 2. The van der Waals surface area contributed by atoms with Gasteiger partial charge in [-0.05, 0) is 36.2 Å². The molecule has 0 radical (unpaired) electrons. The van der Waals surface area contributed by atoms with Crippen molar-refractivity contribution in [2.45, 2.75) is 25.9 Å². The zero-order valence-electron chi connectivity index (χ0n) is 12.1. The molecule has 0 aliphatic rings. The molecule has 116 valence electrons. The van der Waals surface area contributed by atoms with Crippen LogP contribution in [-0.4, -0.2) is 11.0 Å². The van der Waals surface area contributed by atoms with Gasteiger partial charge in [0.2, 0.25) is 0 Å². The molecule has 1 unspecified atom stereocenters. The maximum absolute atomic E-state index is 13.8. The Labute approximate surface area is 127 Å². The van der Waals surface area contributed by atoms with Gasteiger partial charge >= 0.3 is 6.03 Å². The molecule has 6 heteroatoms. The fourth-order valence-corrected chi connectivity index (χ4v) is 2.08. The summed E-state index contributed by atoms with van der Waals surface area (Å²) in [6, 6.07) is 5.77. The standard InChI is InChI=1S/C16H17F2N3O/c1-2-15(13-8-12(17)5-6-14(13)18)21-16(22)20-10-11-4-3-7-19-9-11/h3-9,15H,2,10H2,1H3,(H2,20,21,22). The molecule has 1 aromatic carbocycles. The van der Waals surface area contributed by atoms with Crippen LogP contribution in [-0.2, 0) is 6.54 Å². The molecule has 1 aromatic heterocycles. The second kappa shape index (κ2) is 7.49. The summed E-state index contributed by atoms with van der Waals surface area (Å²) >= 11 is 0. The van der Waals surface area contributed by atoms with Crippen molar-refractivity contribution in [1.29, 1.82) is 0 Å². The van der Waals surface area contributed by atoms with Gasteiger partial charge in [0, 0.05) is 24.5 Å². The topological polar surface area (TPSA) is 54.0 Å². The van der Waals surface area contributed by atoms with Crippen LogP contribution in [0.4, 0.5) is 13.6 Å². The first-order valence-electron chi connectivity index (χ1n) is 6.98. The summed E-state index contributed by atoms with van der Waals surface area (Å²) in [7, 11) is 0. The maximum atomic E-state index is 13.8. The molecule has 4 nitrogen and oxygen atoms in total. The van der Waals surface area contributed by atoms with Gasteiger partial charge < -0.3 is 10.6 Å². The average Bonchev–Trinajstić information content (AvgIpc) is 2.54. The van der Waals surface area contributed by atoms with E-state index < -0.39 is 23.7 Å². The summed E-state index contributed by atoms with van der Waals surface area (Å²) in [5.74, 6) is -1.08. The van der Waals surface area contributed by atoms with Crippen LogP contribution in [0.1, 0.15) is 30.5 Å². The minimum Gasteiger partial charge on any atom is -0.334 e. The number of nitrogens with zero attached hydrogens (tertiary/aromatic N) is 1. The van der Waals surface area contributed by atoms with Gasteiger partial charge in [-0.25, -0.2) is 13.6 Å². The van der Waals surface area contributed by atoms with Crippen molar-refractivity contribution in [2.75, 3.05) is 0 Å². The highest BCUT2D eigenvalue weighted by atomic mass is 19.1. The number of amides is 2. The third-order valence-corrected chi connectivity index (χ3v) is 3.22. The summed E-state index contributed by atoms with van der Waals surface area (Å²) in [5, 5.41) is 5.31. The lowest BCUT2D eigenvalue weighted by Gasteiger charge is -2.18. The van der Waals surface area contributed by atoms with Crippen molar-refractivity contribution in [2.24, 2.45) is 0 Å². The molecule has 0 bridgehead atoms. The van der Waals surface area contributed by atoms with Crippen LogP contribution in [0.15, 0.2) is 42.7 Å². The number of rotatable bonds is 5. The second-order valence-corrected chi connectivity index (χ2v) is 4.81. The van der Waals surface area contributed by atoms with Gasteiger partial charge in [0.05, 0.1) is 6.04 Å². The molecule has 0 saturated carbocycles. The van der Waals surface area contributed by atoms with Crippen LogP contribution >= 0.6 is 0 Å². The van der Waals surface area contributed by atoms with Gasteiger partial charge in [-0.1, -0.05) is 13.0 Å². The van der Waals surface area contributed by atoms with Crippen molar-refractivity contribution in [3.8, 4) is 0 Å². The van der Waals surface area contributed by atoms with Crippen molar-refractivity contribution in [3.63, 3.8) is 0 Å². The highest BCUT2D eigenvalue weighted by molar-refractivity contribution is 5.74. The van der Waals surface area contributed by atoms with E-state index >= 15 is 0 Å². The number of hydrogen-bond acceptors (Lipinski definition) is 2. The van der Waals surface area contributed by atoms with Gasteiger partial charge in [-0.2, -0.15) is 0 Å². The van der Waals surface area contributed by atoms with E-state index in [0.717, 1.165) is 23.8 Å². The number of halogens is 2. The first kappa shape index (κ1) is 15.9. The van der Waals surface area contributed by atoms with Gasteiger partial charge in [-0.15, -0.1) is 0 Å². The minimum absolute atomic E-state index is 0.138.